The summed E-state index contributed by atoms with van der Waals surface area (Å²) in [6.07, 6.45) is 5.33. The lowest BCUT2D eigenvalue weighted by atomic mass is 9.87. The van der Waals surface area contributed by atoms with Crippen molar-refractivity contribution in [3.63, 3.8) is 0 Å². The van der Waals surface area contributed by atoms with E-state index in [-0.39, 0.29) is 5.82 Å². The van der Waals surface area contributed by atoms with Crippen LogP contribution in [0.3, 0.4) is 0 Å². The van der Waals surface area contributed by atoms with E-state index in [0.717, 1.165) is 31.5 Å². The van der Waals surface area contributed by atoms with Gasteiger partial charge in [-0.05, 0) is 48.9 Å². The first-order chi connectivity index (χ1) is 9.76. The third kappa shape index (κ3) is 2.70. The molecule has 0 radical (unpaired) electrons. The van der Waals surface area contributed by atoms with E-state index in [9.17, 15) is 4.39 Å². The molecule has 0 saturated heterocycles. The predicted molar refractivity (Wildman–Crippen MR) is 75.8 cm³/mol. The molecule has 2 aromatic rings. The van der Waals surface area contributed by atoms with Gasteiger partial charge in [-0.15, -0.1) is 0 Å². The molecule has 0 spiro atoms. The van der Waals surface area contributed by atoms with E-state index in [1.165, 1.54) is 11.6 Å². The number of nitrogens with two attached hydrogens (primary N) is 1. The van der Waals surface area contributed by atoms with E-state index in [2.05, 4.69) is 9.97 Å². The van der Waals surface area contributed by atoms with Crippen molar-refractivity contribution < 1.29 is 4.39 Å². The van der Waals surface area contributed by atoms with Crippen LogP contribution in [-0.4, -0.2) is 16.5 Å². The van der Waals surface area contributed by atoms with Crippen molar-refractivity contribution >= 4 is 0 Å². The first-order valence-electron chi connectivity index (χ1n) is 7.03. The minimum atomic E-state index is -0.197. The molecule has 1 aliphatic carbocycles. The topological polar surface area (TPSA) is 51.8 Å². The monoisotopic (exact) mass is 271 g/mol. The first-order valence-corrected chi connectivity index (χ1v) is 7.03. The van der Waals surface area contributed by atoms with Crippen LogP contribution >= 0.6 is 0 Å². The molecular weight excluding hydrogens is 253 g/mol. The average Bonchev–Trinajstić information content (AvgIpc) is 2.49. The van der Waals surface area contributed by atoms with Crippen LogP contribution in [0.4, 0.5) is 4.39 Å². The van der Waals surface area contributed by atoms with Crippen molar-refractivity contribution in [3.8, 4) is 0 Å². The molecule has 1 heterocycles. The van der Waals surface area contributed by atoms with Crippen LogP contribution < -0.4 is 5.73 Å². The van der Waals surface area contributed by atoms with Gasteiger partial charge in [0.2, 0.25) is 0 Å². The number of fused-ring (bicyclic) bond motifs is 1. The van der Waals surface area contributed by atoms with E-state index in [0.29, 0.717) is 23.7 Å². The summed E-state index contributed by atoms with van der Waals surface area (Å²) in [4.78, 5) is 8.98. The molecule has 0 bridgehead atoms. The lowest BCUT2D eigenvalue weighted by molar-refractivity contribution is 0.460. The molecule has 2 N–H and O–H groups in total. The lowest BCUT2D eigenvalue weighted by Gasteiger charge is -2.22. The molecular formula is C16H18FN3. The first kappa shape index (κ1) is 13.2. The van der Waals surface area contributed by atoms with Gasteiger partial charge in [0.25, 0.3) is 0 Å². The number of halogens is 1. The average molecular weight is 271 g/mol. The van der Waals surface area contributed by atoms with Crippen LogP contribution in [0.1, 0.15) is 29.1 Å². The maximum atomic E-state index is 13.6. The second-order valence-corrected chi connectivity index (χ2v) is 5.37. The fraction of sp³-hybridized carbons (Fsp3) is 0.375. The number of benzene rings is 1. The zero-order chi connectivity index (χ0) is 13.9. The van der Waals surface area contributed by atoms with Crippen molar-refractivity contribution in [1.29, 1.82) is 0 Å². The van der Waals surface area contributed by atoms with E-state index in [1.807, 2.05) is 12.3 Å². The summed E-state index contributed by atoms with van der Waals surface area (Å²) in [7, 11) is 0. The van der Waals surface area contributed by atoms with Gasteiger partial charge in [-0.1, -0.05) is 18.2 Å². The molecule has 1 aliphatic rings. The Morgan fingerprint density at radius 2 is 2.15 bits per heavy atom. The van der Waals surface area contributed by atoms with Crippen LogP contribution in [0, 0.1) is 11.7 Å². The van der Waals surface area contributed by atoms with Gasteiger partial charge in [0, 0.05) is 18.3 Å². The number of rotatable bonds is 3. The number of hydrogen-bond acceptors (Lipinski definition) is 3. The van der Waals surface area contributed by atoms with Crippen molar-refractivity contribution in [2.75, 3.05) is 6.54 Å². The van der Waals surface area contributed by atoms with Crippen LogP contribution in [0.2, 0.25) is 0 Å². The Labute approximate surface area is 118 Å². The largest absolute Gasteiger partial charge is 0.330 e. The Morgan fingerprint density at radius 3 is 2.95 bits per heavy atom. The van der Waals surface area contributed by atoms with E-state index >= 15 is 0 Å². The SMILES string of the molecule is NCC1CCc2nc(Cc3ccccc3F)ncc2C1. The van der Waals surface area contributed by atoms with Gasteiger partial charge in [-0.25, -0.2) is 14.4 Å². The van der Waals surface area contributed by atoms with E-state index in [4.69, 9.17) is 5.73 Å². The highest BCUT2D eigenvalue weighted by atomic mass is 19.1. The lowest BCUT2D eigenvalue weighted by Crippen LogP contribution is -2.23. The molecule has 104 valence electrons. The molecule has 1 aromatic carbocycles. The number of aromatic nitrogens is 2. The molecule has 3 rings (SSSR count). The molecule has 1 aromatic heterocycles. The van der Waals surface area contributed by atoms with Gasteiger partial charge in [0.15, 0.2) is 0 Å². The van der Waals surface area contributed by atoms with Crippen LogP contribution in [-0.2, 0) is 19.3 Å². The Hall–Kier alpha value is -1.81. The summed E-state index contributed by atoms with van der Waals surface area (Å²) in [5, 5.41) is 0. The van der Waals surface area contributed by atoms with Crippen LogP contribution in [0.25, 0.3) is 0 Å². The van der Waals surface area contributed by atoms with Gasteiger partial charge in [-0.3, -0.25) is 0 Å². The molecule has 0 saturated carbocycles. The minimum Gasteiger partial charge on any atom is -0.330 e. The fourth-order valence-electron chi connectivity index (χ4n) is 2.72. The maximum absolute atomic E-state index is 13.6. The van der Waals surface area contributed by atoms with Gasteiger partial charge in [0.05, 0.1) is 0 Å². The zero-order valence-corrected chi connectivity index (χ0v) is 11.3. The highest BCUT2D eigenvalue weighted by Gasteiger charge is 2.19. The third-order valence-electron chi connectivity index (χ3n) is 3.94. The Kier molecular flexibility index (Phi) is 3.74. The number of nitrogens with zero attached hydrogens (tertiary/aromatic N) is 2. The zero-order valence-electron chi connectivity index (χ0n) is 11.3. The summed E-state index contributed by atoms with van der Waals surface area (Å²) < 4.78 is 13.6. The summed E-state index contributed by atoms with van der Waals surface area (Å²) in [6.45, 7) is 0.719. The minimum absolute atomic E-state index is 0.197. The van der Waals surface area contributed by atoms with E-state index in [1.54, 1.807) is 12.1 Å². The Balaban J connectivity index is 1.81. The molecule has 0 aliphatic heterocycles. The fourth-order valence-corrected chi connectivity index (χ4v) is 2.72. The molecule has 20 heavy (non-hydrogen) atoms. The predicted octanol–water partition coefficient (Wildman–Crippen LogP) is 2.27. The molecule has 4 heteroatoms. The van der Waals surface area contributed by atoms with E-state index < -0.39 is 0 Å². The van der Waals surface area contributed by atoms with Gasteiger partial charge >= 0.3 is 0 Å². The molecule has 0 amide bonds. The Bertz CT molecular complexity index is 612. The van der Waals surface area contributed by atoms with Crippen molar-refractivity contribution in [3.05, 3.63) is 58.9 Å². The van der Waals surface area contributed by atoms with Crippen molar-refractivity contribution in [2.45, 2.75) is 25.7 Å². The highest BCUT2D eigenvalue weighted by Crippen LogP contribution is 2.23. The van der Waals surface area contributed by atoms with Crippen molar-refractivity contribution in [1.82, 2.24) is 9.97 Å². The summed E-state index contributed by atoms with van der Waals surface area (Å²) >= 11 is 0. The van der Waals surface area contributed by atoms with Crippen molar-refractivity contribution in [2.24, 2.45) is 11.7 Å². The third-order valence-corrected chi connectivity index (χ3v) is 3.94. The van der Waals surface area contributed by atoms with Gasteiger partial charge in [-0.2, -0.15) is 0 Å². The molecule has 3 nitrogen and oxygen atoms in total. The molecule has 1 atom stereocenters. The Morgan fingerprint density at radius 1 is 1.30 bits per heavy atom. The molecule has 1 unspecified atom stereocenters. The highest BCUT2D eigenvalue weighted by molar-refractivity contribution is 5.25. The van der Waals surface area contributed by atoms with Gasteiger partial charge < -0.3 is 5.73 Å². The summed E-state index contributed by atoms with van der Waals surface area (Å²) in [6, 6.07) is 6.78. The summed E-state index contributed by atoms with van der Waals surface area (Å²) in [5.74, 6) is 1.04. The van der Waals surface area contributed by atoms with Crippen LogP contribution in [0.5, 0.6) is 0 Å². The van der Waals surface area contributed by atoms with Gasteiger partial charge in [0.1, 0.15) is 11.6 Å². The van der Waals surface area contributed by atoms with Crippen LogP contribution in [0.15, 0.2) is 30.5 Å². The number of hydrogen-bond donors (Lipinski definition) is 1. The summed E-state index contributed by atoms with van der Waals surface area (Å²) in [5.41, 5.74) is 8.67. The normalized spacial score (nSPS) is 17.8. The standard InChI is InChI=1S/C16H18FN3/c17-14-4-2-1-3-12(14)8-16-19-10-13-7-11(9-18)5-6-15(13)20-16/h1-4,10-11H,5-9,18H2. The molecule has 0 fully saturated rings. The smallest absolute Gasteiger partial charge is 0.133 e. The second kappa shape index (κ2) is 5.67. The second-order valence-electron chi connectivity index (χ2n) is 5.37. The number of aryl methyl sites for hydroxylation is 1. The quantitative estimate of drug-likeness (QED) is 0.931. The maximum Gasteiger partial charge on any atom is 0.133 e.